The second-order valence-corrected chi connectivity index (χ2v) is 3.85. The molecule has 90 valence electrons. The van der Waals surface area contributed by atoms with Crippen molar-refractivity contribution in [2.24, 2.45) is 5.73 Å². The lowest BCUT2D eigenvalue weighted by Crippen LogP contribution is -2.42. The summed E-state index contributed by atoms with van der Waals surface area (Å²) in [5.41, 5.74) is 5.17. The highest BCUT2D eigenvalue weighted by Gasteiger charge is 2.36. The first-order valence-electron chi connectivity index (χ1n) is 5.06. The van der Waals surface area contributed by atoms with Gasteiger partial charge in [0.25, 0.3) is 0 Å². The number of anilines is 1. The second-order valence-electron chi connectivity index (χ2n) is 3.85. The average molecular weight is 240 g/mol. The number of rotatable bonds is 2. The van der Waals surface area contributed by atoms with Crippen LogP contribution in [0.4, 0.5) is 14.5 Å². The molecule has 1 atom stereocenters. The minimum absolute atomic E-state index is 0.0220. The monoisotopic (exact) mass is 240 g/mol. The van der Waals surface area contributed by atoms with Crippen molar-refractivity contribution in [1.29, 1.82) is 0 Å². The van der Waals surface area contributed by atoms with Crippen LogP contribution in [0, 0.1) is 11.6 Å². The molecule has 1 aromatic carbocycles. The summed E-state index contributed by atoms with van der Waals surface area (Å²) in [6.45, 7) is 0. The Hall–Kier alpha value is -1.98. The van der Waals surface area contributed by atoms with Gasteiger partial charge in [-0.05, 0) is 18.6 Å². The lowest BCUT2D eigenvalue weighted by molar-refractivity contribution is -0.121. The van der Waals surface area contributed by atoms with Crippen molar-refractivity contribution in [3.05, 3.63) is 29.8 Å². The Morgan fingerprint density at radius 2 is 1.88 bits per heavy atom. The molecule has 1 unspecified atom stereocenters. The summed E-state index contributed by atoms with van der Waals surface area (Å²) in [5.74, 6) is -2.65. The number of carbonyl (C=O) groups is 2. The van der Waals surface area contributed by atoms with Crippen LogP contribution in [0.5, 0.6) is 0 Å². The van der Waals surface area contributed by atoms with E-state index in [1.807, 2.05) is 0 Å². The van der Waals surface area contributed by atoms with Crippen molar-refractivity contribution in [3.8, 4) is 0 Å². The molecule has 1 saturated heterocycles. The fourth-order valence-corrected chi connectivity index (χ4v) is 1.96. The molecule has 0 bridgehead atoms. The van der Waals surface area contributed by atoms with Gasteiger partial charge in [0.15, 0.2) is 0 Å². The fraction of sp³-hybridized carbons (Fsp3) is 0.273. The van der Waals surface area contributed by atoms with Crippen LogP contribution < -0.4 is 10.6 Å². The maximum Gasteiger partial charge on any atom is 0.240 e. The molecule has 2 N–H and O–H groups in total. The molecule has 6 heteroatoms. The third-order valence-electron chi connectivity index (χ3n) is 2.67. The lowest BCUT2D eigenvalue weighted by Gasteiger charge is -2.22. The Kier molecular flexibility index (Phi) is 2.79. The maximum absolute atomic E-state index is 13.0. The SMILES string of the molecule is NC(=O)C1CCC(=O)N1c1cc(F)cc(F)c1. The number of amides is 2. The molecule has 4 nitrogen and oxygen atoms in total. The summed E-state index contributed by atoms with van der Waals surface area (Å²) in [4.78, 5) is 23.8. The normalized spacial score (nSPS) is 19.8. The standard InChI is InChI=1S/C11H10F2N2O2/c12-6-3-7(13)5-8(4-6)15-9(11(14)17)1-2-10(15)16/h3-5,9H,1-2H2,(H2,14,17). The molecule has 0 saturated carbocycles. The molecule has 1 fully saturated rings. The molecule has 0 spiro atoms. The Labute approximate surface area is 96.0 Å². The van der Waals surface area contributed by atoms with Crippen molar-refractivity contribution < 1.29 is 18.4 Å². The van der Waals surface area contributed by atoms with Gasteiger partial charge in [-0.1, -0.05) is 0 Å². The predicted octanol–water partition coefficient (Wildman–Crippen LogP) is 0.945. The van der Waals surface area contributed by atoms with E-state index >= 15 is 0 Å². The molecular formula is C11H10F2N2O2. The van der Waals surface area contributed by atoms with Crippen molar-refractivity contribution >= 4 is 17.5 Å². The van der Waals surface area contributed by atoms with Gasteiger partial charge in [0.05, 0.1) is 5.69 Å². The third kappa shape index (κ3) is 2.11. The van der Waals surface area contributed by atoms with Gasteiger partial charge in [0.2, 0.25) is 11.8 Å². The molecule has 0 aliphatic carbocycles. The fourth-order valence-electron chi connectivity index (χ4n) is 1.96. The molecule has 1 heterocycles. The zero-order valence-corrected chi connectivity index (χ0v) is 8.82. The molecular weight excluding hydrogens is 230 g/mol. The molecule has 0 radical (unpaired) electrons. The Morgan fingerprint density at radius 3 is 2.41 bits per heavy atom. The van der Waals surface area contributed by atoms with E-state index in [0.717, 1.165) is 17.0 Å². The van der Waals surface area contributed by atoms with Gasteiger partial charge < -0.3 is 5.73 Å². The first-order chi connectivity index (χ1) is 7.99. The first-order valence-corrected chi connectivity index (χ1v) is 5.06. The topological polar surface area (TPSA) is 63.4 Å². The predicted molar refractivity (Wildman–Crippen MR) is 56.1 cm³/mol. The van der Waals surface area contributed by atoms with Crippen LogP contribution in [-0.2, 0) is 9.59 Å². The minimum Gasteiger partial charge on any atom is -0.368 e. The second kappa shape index (κ2) is 4.12. The first kappa shape index (κ1) is 11.5. The quantitative estimate of drug-likeness (QED) is 0.836. The van der Waals surface area contributed by atoms with Crippen LogP contribution in [0.25, 0.3) is 0 Å². The summed E-state index contributed by atoms with van der Waals surface area (Å²) >= 11 is 0. The largest absolute Gasteiger partial charge is 0.368 e. The van der Waals surface area contributed by atoms with Gasteiger partial charge in [-0.2, -0.15) is 0 Å². The van der Waals surface area contributed by atoms with E-state index in [1.54, 1.807) is 0 Å². The average Bonchev–Trinajstić information content (AvgIpc) is 2.58. The highest BCUT2D eigenvalue weighted by molar-refractivity contribution is 6.03. The summed E-state index contributed by atoms with van der Waals surface area (Å²) in [5, 5.41) is 0. The van der Waals surface area contributed by atoms with Crippen LogP contribution in [-0.4, -0.2) is 17.9 Å². The smallest absolute Gasteiger partial charge is 0.240 e. The van der Waals surface area contributed by atoms with Crippen molar-refractivity contribution in [2.45, 2.75) is 18.9 Å². The van der Waals surface area contributed by atoms with E-state index in [-0.39, 0.29) is 24.4 Å². The Bertz CT molecular complexity index is 470. The van der Waals surface area contributed by atoms with E-state index < -0.39 is 23.6 Å². The van der Waals surface area contributed by atoms with Crippen molar-refractivity contribution in [2.75, 3.05) is 4.90 Å². The Balaban J connectivity index is 2.42. The van der Waals surface area contributed by atoms with Gasteiger partial charge >= 0.3 is 0 Å². The number of nitrogens with two attached hydrogens (primary N) is 1. The van der Waals surface area contributed by atoms with E-state index in [1.165, 1.54) is 0 Å². The summed E-state index contributed by atoms with van der Waals surface area (Å²) in [7, 11) is 0. The van der Waals surface area contributed by atoms with Crippen LogP contribution in [0.15, 0.2) is 18.2 Å². The van der Waals surface area contributed by atoms with Crippen LogP contribution in [0.3, 0.4) is 0 Å². The number of halogens is 2. The molecule has 1 aromatic rings. The van der Waals surface area contributed by atoms with Crippen LogP contribution in [0.2, 0.25) is 0 Å². The van der Waals surface area contributed by atoms with E-state index in [9.17, 15) is 18.4 Å². The zero-order chi connectivity index (χ0) is 12.6. The number of primary amides is 1. The lowest BCUT2D eigenvalue weighted by atomic mass is 10.2. The number of benzene rings is 1. The van der Waals surface area contributed by atoms with Gasteiger partial charge in [-0.15, -0.1) is 0 Å². The third-order valence-corrected chi connectivity index (χ3v) is 2.67. The molecule has 2 amide bonds. The Morgan fingerprint density at radius 1 is 1.29 bits per heavy atom. The summed E-state index contributed by atoms with van der Waals surface area (Å²) < 4.78 is 26.1. The van der Waals surface area contributed by atoms with E-state index in [4.69, 9.17) is 5.73 Å². The summed E-state index contributed by atoms with van der Waals surface area (Å²) in [6.07, 6.45) is 0.415. The van der Waals surface area contributed by atoms with E-state index in [0.29, 0.717) is 6.07 Å². The zero-order valence-electron chi connectivity index (χ0n) is 8.82. The molecule has 0 aromatic heterocycles. The number of hydrogen-bond acceptors (Lipinski definition) is 2. The molecule has 2 rings (SSSR count). The number of carbonyl (C=O) groups excluding carboxylic acids is 2. The van der Waals surface area contributed by atoms with Gasteiger partial charge in [0.1, 0.15) is 17.7 Å². The van der Waals surface area contributed by atoms with Gasteiger partial charge in [-0.25, -0.2) is 8.78 Å². The van der Waals surface area contributed by atoms with Crippen LogP contribution >= 0.6 is 0 Å². The van der Waals surface area contributed by atoms with Gasteiger partial charge in [0, 0.05) is 12.5 Å². The highest BCUT2D eigenvalue weighted by atomic mass is 19.1. The van der Waals surface area contributed by atoms with Crippen molar-refractivity contribution in [1.82, 2.24) is 0 Å². The number of hydrogen-bond donors (Lipinski definition) is 1. The molecule has 17 heavy (non-hydrogen) atoms. The minimum atomic E-state index is -0.830. The maximum atomic E-state index is 13.0. The highest BCUT2D eigenvalue weighted by Crippen LogP contribution is 2.27. The number of nitrogens with zero attached hydrogens (tertiary/aromatic N) is 1. The molecule has 1 aliphatic heterocycles. The van der Waals surface area contributed by atoms with Crippen LogP contribution in [0.1, 0.15) is 12.8 Å². The van der Waals surface area contributed by atoms with Gasteiger partial charge in [-0.3, -0.25) is 14.5 Å². The molecule has 1 aliphatic rings. The summed E-state index contributed by atoms with van der Waals surface area (Å²) in [6, 6.07) is 1.87. The van der Waals surface area contributed by atoms with E-state index in [2.05, 4.69) is 0 Å². The van der Waals surface area contributed by atoms with Crippen molar-refractivity contribution in [3.63, 3.8) is 0 Å².